The lowest BCUT2D eigenvalue weighted by atomic mass is 10.2. The zero-order valence-electron chi connectivity index (χ0n) is 11.6. The van der Waals surface area contributed by atoms with Crippen molar-refractivity contribution in [2.75, 3.05) is 31.7 Å². The van der Waals surface area contributed by atoms with Gasteiger partial charge in [-0.15, -0.1) is 0 Å². The van der Waals surface area contributed by atoms with Crippen LogP contribution in [0.25, 0.3) is 0 Å². The topological polar surface area (TPSA) is 59.1 Å². The highest BCUT2D eigenvalue weighted by molar-refractivity contribution is 5.65. The first kappa shape index (κ1) is 13.8. The molecule has 0 bridgehead atoms. The zero-order valence-corrected chi connectivity index (χ0v) is 11.6. The summed E-state index contributed by atoms with van der Waals surface area (Å²) in [5, 5.41) is 7.85. The Hall–Kier alpha value is -1.23. The van der Waals surface area contributed by atoms with Gasteiger partial charge < -0.3 is 16.0 Å². The van der Waals surface area contributed by atoms with Crippen LogP contribution in [0.2, 0.25) is 0 Å². The molecule has 0 spiro atoms. The molecule has 17 heavy (non-hydrogen) atoms. The molecule has 98 valence electrons. The van der Waals surface area contributed by atoms with Gasteiger partial charge in [0.05, 0.1) is 11.4 Å². The molecule has 0 amide bonds. The molecule has 1 unspecified atom stereocenters. The number of hydrogen-bond acceptors (Lipinski definition) is 4. The molecule has 0 fully saturated rings. The number of nitrogens with one attached hydrogen (secondary N) is 1. The van der Waals surface area contributed by atoms with Gasteiger partial charge in [-0.05, 0) is 47.8 Å². The molecule has 0 aromatic carbocycles. The fraction of sp³-hybridized carbons (Fsp3) is 0.750. The molecule has 1 aromatic rings. The maximum absolute atomic E-state index is 6.03. The molecule has 0 aliphatic rings. The molecule has 1 atom stereocenters. The van der Waals surface area contributed by atoms with E-state index in [0.29, 0.717) is 6.04 Å². The van der Waals surface area contributed by atoms with Crippen LogP contribution in [-0.2, 0) is 6.54 Å². The molecule has 5 heteroatoms. The minimum Gasteiger partial charge on any atom is -0.394 e. The van der Waals surface area contributed by atoms with Crippen LogP contribution >= 0.6 is 0 Å². The normalized spacial score (nSPS) is 13.1. The summed E-state index contributed by atoms with van der Waals surface area (Å²) in [4.78, 5) is 2.18. The number of nitrogen functional groups attached to an aromatic ring is 1. The second-order valence-electron chi connectivity index (χ2n) is 4.80. The van der Waals surface area contributed by atoms with Crippen LogP contribution < -0.4 is 11.1 Å². The SMILES string of the molecule is CCn1nc(C)c(N)c1NC(C)CCN(C)C. The van der Waals surface area contributed by atoms with Crippen LogP contribution in [0, 0.1) is 6.92 Å². The number of aromatic nitrogens is 2. The molecule has 1 aromatic heterocycles. The van der Waals surface area contributed by atoms with Gasteiger partial charge >= 0.3 is 0 Å². The Balaban J connectivity index is 2.67. The van der Waals surface area contributed by atoms with Gasteiger partial charge in [0, 0.05) is 12.6 Å². The highest BCUT2D eigenvalue weighted by atomic mass is 15.3. The van der Waals surface area contributed by atoms with Crippen molar-refractivity contribution >= 4 is 11.5 Å². The van der Waals surface area contributed by atoms with Crippen LogP contribution in [0.5, 0.6) is 0 Å². The Morgan fingerprint density at radius 2 is 2.12 bits per heavy atom. The maximum Gasteiger partial charge on any atom is 0.148 e. The lowest BCUT2D eigenvalue weighted by molar-refractivity contribution is 0.390. The monoisotopic (exact) mass is 239 g/mol. The number of anilines is 2. The van der Waals surface area contributed by atoms with Gasteiger partial charge in [-0.2, -0.15) is 5.10 Å². The van der Waals surface area contributed by atoms with E-state index in [9.17, 15) is 0 Å². The highest BCUT2D eigenvalue weighted by Gasteiger charge is 2.13. The Bertz CT molecular complexity index is 356. The third kappa shape index (κ3) is 3.63. The van der Waals surface area contributed by atoms with Gasteiger partial charge in [0.2, 0.25) is 0 Å². The predicted octanol–water partition coefficient (Wildman–Crippen LogP) is 1.55. The fourth-order valence-electron chi connectivity index (χ4n) is 1.73. The number of nitrogens with zero attached hydrogens (tertiary/aromatic N) is 3. The molecular formula is C12H25N5. The molecule has 0 saturated heterocycles. The lowest BCUT2D eigenvalue weighted by Crippen LogP contribution is -2.24. The fourth-order valence-corrected chi connectivity index (χ4v) is 1.73. The third-order valence-corrected chi connectivity index (χ3v) is 2.87. The van der Waals surface area contributed by atoms with E-state index in [-0.39, 0.29) is 0 Å². The smallest absolute Gasteiger partial charge is 0.148 e. The van der Waals surface area contributed by atoms with E-state index in [1.807, 2.05) is 11.6 Å². The molecule has 0 aliphatic heterocycles. The average Bonchev–Trinajstić information content (AvgIpc) is 2.54. The first-order chi connectivity index (χ1) is 7.95. The Kier molecular flexibility index (Phi) is 4.81. The van der Waals surface area contributed by atoms with E-state index >= 15 is 0 Å². The van der Waals surface area contributed by atoms with Gasteiger partial charge in [-0.1, -0.05) is 0 Å². The quantitative estimate of drug-likeness (QED) is 0.790. The van der Waals surface area contributed by atoms with E-state index < -0.39 is 0 Å². The molecule has 0 saturated carbocycles. The molecule has 0 aliphatic carbocycles. The van der Waals surface area contributed by atoms with Crippen molar-refractivity contribution in [1.29, 1.82) is 0 Å². The summed E-state index contributed by atoms with van der Waals surface area (Å²) >= 11 is 0. The van der Waals surface area contributed by atoms with Crippen LogP contribution in [0.15, 0.2) is 0 Å². The van der Waals surface area contributed by atoms with E-state index in [1.54, 1.807) is 0 Å². The maximum atomic E-state index is 6.03. The summed E-state index contributed by atoms with van der Waals surface area (Å²) in [7, 11) is 4.17. The van der Waals surface area contributed by atoms with Gasteiger partial charge in [-0.3, -0.25) is 0 Å². The highest BCUT2D eigenvalue weighted by Crippen LogP contribution is 2.23. The molecule has 1 rings (SSSR count). The second-order valence-corrected chi connectivity index (χ2v) is 4.80. The number of nitrogens with two attached hydrogens (primary N) is 1. The van der Waals surface area contributed by atoms with Crippen molar-refractivity contribution < 1.29 is 0 Å². The Morgan fingerprint density at radius 3 is 2.65 bits per heavy atom. The van der Waals surface area contributed by atoms with E-state index in [4.69, 9.17) is 5.73 Å². The van der Waals surface area contributed by atoms with Crippen LogP contribution in [-0.4, -0.2) is 41.4 Å². The Morgan fingerprint density at radius 1 is 1.47 bits per heavy atom. The second kappa shape index (κ2) is 5.91. The van der Waals surface area contributed by atoms with Crippen molar-refractivity contribution in [2.45, 2.75) is 39.8 Å². The van der Waals surface area contributed by atoms with Crippen molar-refractivity contribution in [3.8, 4) is 0 Å². The number of hydrogen-bond donors (Lipinski definition) is 2. The minimum absolute atomic E-state index is 0.390. The summed E-state index contributed by atoms with van der Waals surface area (Å²) in [6.45, 7) is 8.08. The summed E-state index contributed by atoms with van der Waals surface area (Å²) in [5.41, 5.74) is 7.69. The van der Waals surface area contributed by atoms with E-state index in [0.717, 1.165) is 36.7 Å². The van der Waals surface area contributed by atoms with Crippen LogP contribution in [0.4, 0.5) is 11.5 Å². The van der Waals surface area contributed by atoms with Gasteiger partial charge in [-0.25, -0.2) is 4.68 Å². The first-order valence-electron chi connectivity index (χ1n) is 6.19. The van der Waals surface area contributed by atoms with Crippen molar-refractivity contribution in [3.63, 3.8) is 0 Å². The molecular weight excluding hydrogens is 214 g/mol. The summed E-state index contributed by atoms with van der Waals surface area (Å²) in [5.74, 6) is 0.955. The van der Waals surface area contributed by atoms with E-state index in [2.05, 4.69) is 43.3 Å². The molecule has 1 heterocycles. The first-order valence-corrected chi connectivity index (χ1v) is 6.19. The number of rotatable bonds is 6. The summed E-state index contributed by atoms with van der Waals surface area (Å²) in [6, 6.07) is 0.390. The van der Waals surface area contributed by atoms with Gasteiger partial charge in [0.25, 0.3) is 0 Å². The van der Waals surface area contributed by atoms with E-state index in [1.165, 1.54) is 0 Å². The molecule has 3 N–H and O–H groups in total. The van der Waals surface area contributed by atoms with Gasteiger partial charge in [0.15, 0.2) is 0 Å². The summed E-state index contributed by atoms with van der Waals surface area (Å²) in [6.07, 6.45) is 1.08. The summed E-state index contributed by atoms with van der Waals surface area (Å²) < 4.78 is 1.93. The third-order valence-electron chi connectivity index (χ3n) is 2.87. The average molecular weight is 239 g/mol. The molecule has 5 nitrogen and oxygen atoms in total. The van der Waals surface area contributed by atoms with Gasteiger partial charge in [0.1, 0.15) is 5.82 Å². The van der Waals surface area contributed by atoms with Crippen LogP contribution in [0.1, 0.15) is 26.0 Å². The van der Waals surface area contributed by atoms with Crippen LogP contribution in [0.3, 0.4) is 0 Å². The molecule has 0 radical (unpaired) electrons. The zero-order chi connectivity index (χ0) is 13.0. The lowest BCUT2D eigenvalue weighted by Gasteiger charge is -2.18. The number of aryl methyl sites for hydroxylation is 2. The Labute approximate surface area is 104 Å². The van der Waals surface area contributed by atoms with Crippen molar-refractivity contribution in [3.05, 3.63) is 5.69 Å². The van der Waals surface area contributed by atoms with Crippen molar-refractivity contribution in [2.24, 2.45) is 0 Å². The minimum atomic E-state index is 0.390. The largest absolute Gasteiger partial charge is 0.394 e. The van der Waals surface area contributed by atoms with Crippen molar-refractivity contribution in [1.82, 2.24) is 14.7 Å². The predicted molar refractivity (Wildman–Crippen MR) is 73.3 cm³/mol. The standard InChI is InChI=1S/C12H25N5/c1-6-17-12(11(13)10(3)15-17)14-9(2)7-8-16(4)5/h9,14H,6-8,13H2,1-5H3.